The van der Waals surface area contributed by atoms with Crippen molar-refractivity contribution in [3.8, 4) is 0 Å². The van der Waals surface area contributed by atoms with Crippen LogP contribution in [0.2, 0.25) is 0 Å². The summed E-state index contributed by atoms with van der Waals surface area (Å²) in [6.07, 6.45) is 5.53. The standard InChI is InChI=1S/C17H23N5O2/c1-6-7-8-20-15(23)13-14(19(5)17(20)24)18-16-21(9-11(2)3)12(4)10-22(13)16/h6-7,10-11H,8-9H2,1-5H3. The number of allylic oxidation sites excluding steroid dienone is 2. The zero-order chi connectivity index (χ0) is 17.6. The fourth-order valence-corrected chi connectivity index (χ4v) is 3.02. The zero-order valence-corrected chi connectivity index (χ0v) is 14.8. The summed E-state index contributed by atoms with van der Waals surface area (Å²) in [7, 11) is 1.66. The first kappa shape index (κ1) is 16.3. The molecule has 0 N–H and O–H groups in total. The van der Waals surface area contributed by atoms with Gasteiger partial charge >= 0.3 is 5.69 Å². The average molecular weight is 329 g/mol. The highest BCUT2D eigenvalue weighted by Gasteiger charge is 2.19. The lowest BCUT2D eigenvalue weighted by atomic mass is 10.2. The molecular weight excluding hydrogens is 306 g/mol. The molecule has 7 nitrogen and oxygen atoms in total. The lowest BCUT2D eigenvalue weighted by molar-refractivity contribution is 0.524. The van der Waals surface area contributed by atoms with E-state index < -0.39 is 0 Å². The molecule has 0 unspecified atom stereocenters. The van der Waals surface area contributed by atoms with E-state index in [9.17, 15) is 9.59 Å². The van der Waals surface area contributed by atoms with Crippen LogP contribution in [0.15, 0.2) is 27.9 Å². The molecule has 0 aliphatic rings. The smallest absolute Gasteiger partial charge is 0.314 e. The SMILES string of the molecule is CC=CCn1c(=O)c2c(nc3n(CC(C)C)c(C)cn23)n(C)c1=O. The molecule has 0 radical (unpaired) electrons. The van der Waals surface area contributed by atoms with Crippen molar-refractivity contribution in [1.29, 1.82) is 0 Å². The van der Waals surface area contributed by atoms with Gasteiger partial charge in [0, 0.05) is 32.0 Å². The van der Waals surface area contributed by atoms with Crippen LogP contribution in [0.3, 0.4) is 0 Å². The second-order valence-electron chi connectivity index (χ2n) is 6.56. The van der Waals surface area contributed by atoms with E-state index in [1.165, 1.54) is 9.13 Å². The normalized spacial score (nSPS) is 12.4. The van der Waals surface area contributed by atoms with Crippen molar-refractivity contribution in [1.82, 2.24) is 23.1 Å². The minimum absolute atomic E-state index is 0.261. The Morgan fingerprint density at radius 3 is 2.58 bits per heavy atom. The van der Waals surface area contributed by atoms with E-state index in [1.807, 2.05) is 26.1 Å². The predicted octanol–water partition coefficient (Wildman–Crippen LogP) is 1.69. The average Bonchev–Trinajstić information content (AvgIpc) is 3.02. The molecule has 0 amide bonds. The molecule has 0 atom stereocenters. The van der Waals surface area contributed by atoms with E-state index in [0.29, 0.717) is 22.9 Å². The van der Waals surface area contributed by atoms with E-state index >= 15 is 0 Å². The second-order valence-corrected chi connectivity index (χ2v) is 6.56. The Bertz CT molecular complexity index is 1060. The third-order valence-corrected chi connectivity index (χ3v) is 4.21. The van der Waals surface area contributed by atoms with Crippen LogP contribution >= 0.6 is 0 Å². The summed E-state index contributed by atoms with van der Waals surface area (Å²) >= 11 is 0. The van der Waals surface area contributed by atoms with Crippen molar-refractivity contribution in [2.45, 2.75) is 40.8 Å². The van der Waals surface area contributed by atoms with Gasteiger partial charge in [-0.2, -0.15) is 4.98 Å². The van der Waals surface area contributed by atoms with Crippen LogP contribution in [0.25, 0.3) is 16.9 Å². The van der Waals surface area contributed by atoms with Crippen molar-refractivity contribution >= 4 is 16.9 Å². The number of aryl methyl sites for hydroxylation is 2. The molecule has 0 aromatic carbocycles. The van der Waals surface area contributed by atoms with Gasteiger partial charge in [0.1, 0.15) is 0 Å². The Kier molecular flexibility index (Phi) is 3.95. The van der Waals surface area contributed by atoms with Gasteiger partial charge in [-0.25, -0.2) is 4.79 Å². The molecule has 7 heteroatoms. The molecule has 0 saturated heterocycles. The van der Waals surface area contributed by atoms with Crippen LogP contribution in [0.4, 0.5) is 0 Å². The number of rotatable bonds is 4. The van der Waals surface area contributed by atoms with Gasteiger partial charge in [0.05, 0.1) is 0 Å². The molecule has 0 spiro atoms. The van der Waals surface area contributed by atoms with Gasteiger partial charge in [-0.3, -0.25) is 18.3 Å². The van der Waals surface area contributed by atoms with Crippen LogP contribution in [0, 0.1) is 12.8 Å². The quantitative estimate of drug-likeness (QED) is 0.684. The monoisotopic (exact) mass is 329 g/mol. The van der Waals surface area contributed by atoms with Crippen molar-refractivity contribution in [2.24, 2.45) is 13.0 Å². The number of hydrogen-bond donors (Lipinski definition) is 0. The summed E-state index contributed by atoms with van der Waals surface area (Å²) in [6.45, 7) is 9.21. The van der Waals surface area contributed by atoms with E-state index in [-0.39, 0.29) is 17.8 Å². The Hall–Kier alpha value is -2.57. The second kappa shape index (κ2) is 5.81. The van der Waals surface area contributed by atoms with Crippen LogP contribution in [-0.4, -0.2) is 23.1 Å². The molecule has 0 aliphatic carbocycles. The van der Waals surface area contributed by atoms with Crippen LogP contribution < -0.4 is 11.2 Å². The minimum atomic E-state index is -0.349. The predicted molar refractivity (Wildman–Crippen MR) is 94.6 cm³/mol. The molecule has 3 aromatic rings. The lowest BCUT2D eigenvalue weighted by Crippen LogP contribution is -2.39. The van der Waals surface area contributed by atoms with Crippen LogP contribution in [0.5, 0.6) is 0 Å². The highest BCUT2D eigenvalue weighted by atomic mass is 16.2. The molecular formula is C17H23N5O2. The van der Waals surface area contributed by atoms with Crippen LogP contribution in [-0.2, 0) is 20.1 Å². The van der Waals surface area contributed by atoms with Gasteiger partial charge in [0.2, 0.25) is 5.78 Å². The molecule has 0 fully saturated rings. The Labute approximate surface area is 139 Å². The van der Waals surface area contributed by atoms with Gasteiger partial charge in [-0.1, -0.05) is 26.0 Å². The summed E-state index contributed by atoms with van der Waals surface area (Å²) in [6, 6.07) is 0. The summed E-state index contributed by atoms with van der Waals surface area (Å²) in [5, 5.41) is 0. The molecule has 3 rings (SSSR count). The highest BCUT2D eigenvalue weighted by molar-refractivity contribution is 5.75. The number of nitrogens with zero attached hydrogens (tertiary/aromatic N) is 5. The highest BCUT2D eigenvalue weighted by Crippen LogP contribution is 2.17. The first-order valence-corrected chi connectivity index (χ1v) is 8.15. The van der Waals surface area contributed by atoms with Gasteiger partial charge in [-0.15, -0.1) is 0 Å². The Morgan fingerprint density at radius 2 is 1.96 bits per heavy atom. The topological polar surface area (TPSA) is 66.2 Å². The zero-order valence-electron chi connectivity index (χ0n) is 14.8. The van der Waals surface area contributed by atoms with Gasteiger partial charge in [-0.05, 0) is 19.8 Å². The van der Waals surface area contributed by atoms with Crippen LogP contribution in [0.1, 0.15) is 26.5 Å². The van der Waals surface area contributed by atoms with Gasteiger partial charge < -0.3 is 4.57 Å². The van der Waals surface area contributed by atoms with Crippen molar-refractivity contribution in [3.05, 3.63) is 44.9 Å². The van der Waals surface area contributed by atoms with Gasteiger partial charge in [0.15, 0.2) is 11.2 Å². The maximum atomic E-state index is 12.9. The largest absolute Gasteiger partial charge is 0.332 e. The fraction of sp³-hybridized carbons (Fsp3) is 0.471. The van der Waals surface area contributed by atoms with Crippen molar-refractivity contribution in [3.63, 3.8) is 0 Å². The number of imidazole rings is 2. The number of fused-ring (bicyclic) bond motifs is 3. The fourth-order valence-electron chi connectivity index (χ4n) is 3.02. The molecule has 0 saturated carbocycles. The van der Waals surface area contributed by atoms with E-state index in [2.05, 4.69) is 23.4 Å². The van der Waals surface area contributed by atoms with Crippen molar-refractivity contribution in [2.75, 3.05) is 0 Å². The number of aromatic nitrogens is 5. The molecule has 3 heterocycles. The summed E-state index contributed by atoms with van der Waals surface area (Å²) in [5.41, 5.74) is 1.26. The Morgan fingerprint density at radius 1 is 1.25 bits per heavy atom. The summed E-state index contributed by atoms with van der Waals surface area (Å²) < 4.78 is 6.58. The maximum Gasteiger partial charge on any atom is 0.332 e. The summed E-state index contributed by atoms with van der Waals surface area (Å²) in [4.78, 5) is 29.9. The summed E-state index contributed by atoms with van der Waals surface area (Å²) in [5.74, 6) is 1.15. The van der Waals surface area contributed by atoms with E-state index in [4.69, 9.17) is 0 Å². The minimum Gasteiger partial charge on any atom is -0.314 e. The lowest BCUT2D eigenvalue weighted by Gasteiger charge is -2.08. The molecule has 24 heavy (non-hydrogen) atoms. The molecule has 3 aromatic heterocycles. The van der Waals surface area contributed by atoms with E-state index in [0.717, 1.165) is 12.2 Å². The maximum absolute atomic E-state index is 12.9. The first-order chi connectivity index (χ1) is 11.4. The van der Waals surface area contributed by atoms with E-state index in [1.54, 1.807) is 17.5 Å². The third-order valence-electron chi connectivity index (χ3n) is 4.21. The number of hydrogen-bond acceptors (Lipinski definition) is 3. The molecule has 0 bridgehead atoms. The first-order valence-electron chi connectivity index (χ1n) is 8.15. The molecule has 0 aliphatic heterocycles. The third kappa shape index (κ3) is 2.31. The molecule has 128 valence electrons. The van der Waals surface area contributed by atoms with Gasteiger partial charge in [0.25, 0.3) is 5.56 Å². The van der Waals surface area contributed by atoms with Crippen molar-refractivity contribution < 1.29 is 0 Å². The Balaban J connectivity index is 2.41.